The Balaban J connectivity index is 1.47. The average molecular weight is 383 g/mol. The number of para-hydroxylation sites is 1. The van der Waals surface area contributed by atoms with Crippen molar-refractivity contribution in [2.45, 2.75) is 25.7 Å². The van der Waals surface area contributed by atoms with Crippen molar-refractivity contribution >= 4 is 17.2 Å². The first-order chi connectivity index (χ1) is 13.3. The molecule has 0 aliphatic carbocycles. The molecule has 3 aromatic rings. The van der Waals surface area contributed by atoms with Crippen molar-refractivity contribution in [1.82, 2.24) is 15.0 Å². The molecule has 7 heteroatoms. The SMILES string of the molecule is O=C(COc1ccccc1-c1noc(-c2cccs2)n1)N1CCCCCC1. The van der Waals surface area contributed by atoms with E-state index < -0.39 is 0 Å². The monoisotopic (exact) mass is 383 g/mol. The van der Waals surface area contributed by atoms with Crippen LogP contribution in [0.4, 0.5) is 0 Å². The normalized spacial score (nSPS) is 14.7. The Morgan fingerprint density at radius 3 is 2.70 bits per heavy atom. The molecule has 1 aliphatic rings. The molecule has 27 heavy (non-hydrogen) atoms. The Hall–Kier alpha value is -2.67. The van der Waals surface area contributed by atoms with Crippen molar-refractivity contribution in [2.24, 2.45) is 0 Å². The summed E-state index contributed by atoms with van der Waals surface area (Å²) in [5.74, 6) is 1.55. The van der Waals surface area contributed by atoms with Crippen molar-refractivity contribution in [1.29, 1.82) is 0 Å². The summed E-state index contributed by atoms with van der Waals surface area (Å²) in [6.45, 7) is 1.66. The molecule has 0 bridgehead atoms. The van der Waals surface area contributed by atoms with Gasteiger partial charge in [0.1, 0.15) is 5.75 Å². The lowest BCUT2D eigenvalue weighted by Gasteiger charge is -2.20. The molecule has 4 rings (SSSR count). The number of likely N-dealkylation sites (tertiary alicyclic amines) is 1. The smallest absolute Gasteiger partial charge is 0.268 e. The van der Waals surface area contributed by atoms with Crippen LogP contribution in [0, 0.1) is 0 Å². The second-order valence-electron chi connectivity index (χ2n) is 6.48. The molecule has 0 spiro atoms. The van der Waals surface area contributed by atoms with Gasteiger partial charge in [0.15, 0.2) is 6.61 Å². The van der Waals surface area contributed by atoms with Crippen molar-refractivity contribution in [3.05, 3.63) is 41.8 Å². The minimum Gasteiger partial charge on any atom is -0.483 e. The molecule has 1 aromatic carbocycles. The standard InChI is InChI=1S/C20H21N3O3S/c24-18(23-11-5-1-2-6-12-23)14-25-16-9-4-3-8-15(16)19-21-20(26-22-19)17-10-7-13-27-17/h3-4,7-10,13H,1-2,5-6,11-12,14H2. The van der Waals surface area contributed by atoms with Crippen molar-refractivity contribution < 1.29 is 14.1 Å². The zero-order valence-corrected chi connectivity index (χ0v) is 15.8. The maximum atomic E-state index is 12.5. The number of ether oxygens (including phenoxy) is 1. The summed E-state index contributed by atoms with van der Waals surface area (Å²) in [6.07, 6.45) is 4.52. The summed E-state index contributed by atoms with van der Waals surface area (Å²) < 4.78 is 11.2. The van der Waals surface area contributed by atoms with Crippen molar-refractivity contribution in [2.75, 3.05) is 19.7 Å². The minimum absolute atomic E-state index is 0.0205. The van der Waals surface area contributed by atoms with Gasteiger partial charge in [-0.3, -0.25) is 4.79 Å². The second kappa shape index (κ2) is 8.35. The molecule has 0 radical (unpaired) electrons. The quantitative estimate of drug-likeness (QED) is 0.659. The van der Waals surface area contributed by atoms with Gasteiger partial charge in [-0.15, -0.1) is 11.3 Å². The maximum absolute atomic E-state index is 12.5. The Morgan fingerprint density at radius 2 is 1.93 bits per heavy atom. The predicted molar refractivity (Wildman–Crippen MR) is 104 cm³/mol. The number of thiophene rings is 1. The third kappa shape index (κ3) is 4.19. The van der Waals surface area contributed by atoms with Crippen LogP contribution in [0.15, 0.2) is 46.3 Å². The zero-order valence-electron chi connectivity index (χ0n) is 15.0. The van der Waals surface area contributed by atoms with E-state index in [1.807, 2.05) is 46.7 Å². The van der Waals surface area contributed by atoms with Gasteiger partial charge in [-0.1, -0.05) is 36.2 Å². The van der Waals surface area contributed by atoms with E-state index in [-0.39, 0.29) is 12.5 Å². The van der Waals surface area contributed by atoms with Gasteiger partial charge in [0.05, 0.1) is 10.4 Å². The Bertz CT molecular complexity index is 884. The fraction of sp³-hybridized carbons (Fsp3) is 0.350. The van der Waals surface area contributed by atoms with Crippen LogP contribution in [0.2, 0.25) is 0 Å². The lowest BCUT2D eigenvalue weighted by Crippen LogP contribution is -2.35. The fourth-order valence-corrected chi connectivity index (χ4v) is 3.81. The highest BCUT2D eigenvalue weighted by molar-refractivity contribution is 7.13. The second-order valence-corrected chi connectivity index (χ2v) is 7.43. The molecular formula is C20H21N3O3S. The van der Waals surface area contributed by atoms with E-state index in [9.17, 15) is 4.79 Å². The molecule has 1 amide bonds. The molecule has 1 saturated heterocycles. The number of hydrogen-bond donors (Lipinski definition) is 0. The molecule has 2 aromatic heterocycles. The number of nitrogens with zero attached hydrogens (tertiary/aromatic N) is 3. The number of carbonyl (C=O) groups excluding carboxylic acids is 1. The molecule has 0 atom stereocenters. The molecule has 140 valence electrons. The first kappa shape index (κ1) is 17.7. The molecule has 0 N–H and O–H groups in total. The third-order valence-corrected chi connectivity index (χ3v) is 5.45. The molecule has 1 aliphatic heterocycles. The van der Waals surface area contributed by atoms with Gasteiger partial charge in [0.2, 0.25) is 5.82 Å². The minimum atomic E-state index is 0.0205. The number of aromatic nitrogens is 2. The van der Waals surface area contributed by atoms with Gasteiger partial charge in [-0.2, -0.15) is 4.98 Å². The highest BCUT2D eigenvalue weighted by Crippen LogP contribution is 2.30. The molecular weight excluding hydrogens is 362 g/mol. The number of rotatable bonds is 5. The van der Waals surface area contributed by atoms with Gasteiger partial charge in [-0.05, 0) is 36.4 Å². The molecule has 0 unspecified atom stereocenters. The summed E-state index contributed by atoms with van der Waals surface area (Å²) in [5.41, 5.74) is 0.715. The zero-order chi connectivity index (χ0) is 18.5. The molecule has 6 nitrogen and oxygen atoms in total. The van der Waals surface area contributed by atoms with E-state index >= 15 is 0 Å². The van der Waals surface area contributed by atoms with Crippen LogP contribution >= 0.6 is 11.3 Å². The average Bonchev–Trinajstić information content (AvgIpc) is 3.33. The number of hydrogen-bond acceptors (Lipinski definition) is 6. The first-order valence-electron chi connectivity index (χ1n) is 9.19. The Morgan fingerprint density at radius 1 is 1.11 bits per heavy atom. The highest BCUT2D eigenvalue weighted by Gasteiger charge is 2.18. The van der Waals surface area contributed by atoms with E-state index in [0.29, 0.717) is 23.0 Å². The predicted octanol–water partition coefficient (Wildman–Crippen LogP) is 4.25. The van der Waals surface area contributed by atoms with Gasteiger partial charge in [-0.25, -0.2) is 0 Å². The van der Waals surface area contributed by atoms with E-state index in [4.69, 9.17) is 9.26 Å². The van der Waals surface area contributed by atoms with Crippen LogP contribution in [0.5, 0.6) is 5.75 Å². The lowest BCUT2D eigenvalue weighted by molar-refractivity contribution is -0.133. The number of benzene rings is 1. The van der Waals surface area contributed by atoms with Gasteiger partial charge < -0.3 is 14.2 Å². The van der Waals surface area contributed by atoms with Gasteiger partial charge >= 0.3 is 0 Å². The number of amides is 1. The fourth-order valence-electron chi connectivity index (χ4n) is 3.16. The van der Waals surface area contributed by atoms with E-state index in [1.165, 1.54) is 12.8 Å². The summed E-state index contributed by atoms with van der Waals surface area (Å²) in [7, 11) is 0. The third-order valence-electron chi connectivity index (χ3n) is 4.60. The van der Waals surface area contributed by atoms with Crippen LogP contribution < -0.4 is 4.74 Å². The molecule has 1 fully saturated rings. The van der Waals surface area contributed by atoms with Crippen LogP contribution in [0.3, 0.4) is 0 Å². The van der Waals surface area contributed by atoms with Crippen LogP contribution in [-0.4, -0.2) is 40.6 Å². The van der Waals surface area contributed by atoms with Crippen LogP contribution in [0.1, 0.15) is 25.7 Å². The topological polar surface area (TPSA) is 68.5 Å². The summed E-state index contributed by atoms with van der Waals surface area (Å²) in [4.78, 5) is 19.8. The first-order valence-corrected chi connectivity index (χ1v) is 10.1. The largest absolute Gasteiger partial charge is 0.483 e. The molecule has 0 saturated carbocycles. The lowest BCUT2D eigenvalue weighted by atomic mass is 10.2. The number of carbonyl (C=O) groups is 1. The highest BCUT2D eigenvalue weighted by atomic mass is 32.1. The maximum Gasteiger partial charge on any atom is 0.268 e. The van der Waals surface area contributed by atoms with E-state index in [1.54, 1.807) is 11.3 Å². The van der Waals surface area contributed by atoms with Crippen molar-refractivity contribution in [3.63, 3.8) is 0 Å². The summed E-state index contributed by atoms with van der Waals surface area (Å²) in [5, 5.41) is 6.04. The van der Waals surface area contributed by atoms with Gasteiger partial charge in [0.25, 0.3) is 11.8 Å². The van der Waals surface area contributed by atoms with Gasteiger partial charge in [0, 0.05) is 13.1 Å². The van der Waals surface area contributed by atoms with Crippen LogP contribution in [0.25, 0.3) is 22.2 Å². The van der Waals surface area contributed by atoms with E-state index in [0.717, 1.165) is 30.8 Å². The van der Waals surface area contributed by atoms with Crippen molar-refractivity contribution in [3.8, 4) is 27.9 Å². The summed E-state index contributed by atoms with van der Waals surface area (Å²) in [6, 6.07) is 11.3. The Kier molecular flexibility index (Phi) is 5.48. The van der Waals surface area contributed by atoms with Crippen LogP contribution in [-0.2, 0) is 4.79 Å². The Labute approximate surface area is 161 Å². The van der Waals surface area contributed by atoms with E-state index in [2.05, 4.69) is 10.1 Å². The summed E-state index contributed by atoms with van der Waals surface area (Å²) >= 11 is 1.54. The molecule has 3 heterocycles.